The number of rotatable bonds is 7. The molecular weight excluding hydrogens is 376 g/mol. The second-order valence-electron chi connectivity index (χ2n) is 6.27. The summed E-state index contributed by atoms with van der Waals surface area (Å²) in [5.74, 6) is 0.187. The average molecular weight is 399 g/mol. The van der Waals surface area contributed by atoms with Gasteiger partial charge < -0.3 is 10.6 Å². The van der Waals surface area contributed by atoms with Gasteiger partial charge >= 0.3 is 0 Å². The lowest BCUT2D eigenvalue weighted by molar-refractivity contribution is -0.384. The summed E-state index contributed by atoms with van der Waals surface area (Å²) in [5, 5.41) is 13.1. The number of nitrogens with zero attached hydrogens (tertiary/aromatic N) is 3. The van der Waals surface area contributed by atoms with Crippen LogP contribution in [-0.4, -0.2) is 40.3 Å². The molecule has 2 rings (SSSR count). The van der Waals surface area contributed by atoms with Gasteiger partial charge in [-0.05, 0) is 12.3 Å². The van der Waals surface area contributed by atoms with E-state index in [2.05, 4.69) is 18.8 Å². The van der Waals surface area contributed by atoms with Gasteiger partial charge in [0, 0.05) is 42.7 Å². The number of thiazole rings is 1. The summed E-state index contributed by atoms with van der Waals surface area (Å²) in [7, 11) is 1.72. The molecule has 0 saturated heterocycles. The number of carbonyl (C=O) groups excluding carboxylic acids is 1. The van der Waals surface area contributed by atoms with Gasteiger partial charge in [-0.3, -0.25) is 14.9 Å². The predicted octanol–water partition coefficient (Wildman–Crippen LogP) is 3.59. The first-order valence-electron chi connectivity index (χ1n) is 8.01. The number of amides is 1. The van der Waals surface area contributed by atoms with E-state index in [0.29, 0.717) is 28.7 Å². The monoisotopic (exact) mass is 398 g/mol. The van der Waals surface area contributed by atoms with Gasteiger partial charge in [-0.15, -0.1) is 23.7 Å². The van der Waals surface area contributed by atoms with Crippen molar-refractivity contribution in [1.82, 2.24) is 9.88 Å². The highest BCUT2D eigenvalue weighted by atomic mass is 35.5. The van der Waals surface area contributed by atoms with Crippen LogP contribution in [0.15, 0.2) is 29.6 Å². The quantitative estimate of drug-likeness (QED) is 0.567. The van der Waals surface area contributed by atoms with Crippen LogP contribution in [0.25, 0.3) is 10.6 Å². The van der Waals surface area contributed by atoms with Gasteiger partial charge in [0.1, 0.15) is 10.7 Å². The Kier molecular flexibility index (Phi) is 8.13. The van der Waals surface area contributed by atoms with E-state index in [1.54, 1.807) is 29.5 Å². The molecule has 1 aromatic heterocycles. The number of non-ortho nitro benzene ring substituents is 1. The number of carbonyl (C=O) groups is 1. The zero-order valence-electron chi connectivity index (χ0n) is 14.9. The van der Waals surface area contributed by atoms with Gasteiger partial charge in [0.2, 0.25) is 0 Å². The van der Waals surface area contributed by atoms with Crippen LogP contribution in [0, 0.1) is 16.0 Å². The van der Waals surface area contributed by atoms with E-state index in [-0.39, 0.29) is 30.0 Å². The molecule has 1 heterocycles. The average Bonchev–Trinajstić information content (AvgIpc) is 3.08. The molecule has 1 unspecified atom stereocenters. The second-order valence-corrected chi connectivity index (χ2v) is 7.13. The lowest BCUT2D eigenvalue weighted by Gasteiger charge is -2.20. The minimum absolute atomic E-state index is 0. The van der Waals surface area contributed by atoms with Crippen LogP contribution in [-0.2, 0) is 0 Å². The molecule has 0 fully saturated rings. The molecule has 142 valence electrons. The molecule has 1 amide bonds. The molecule has 0 aliphatic carbocycles. The summed E-state index contributed by atoms with van der Waals surface area (Å²) in [6.45, 7) is 4.67. The minimum Gasteiger partial charge on any atom is -0.340 e. The van der Waals surface area contributed by atoms with E-state index < -0.39 is 4.92 Å². The van der Waals surface area contributed by atoms with Crippen molar-refractivity contribution in [3.8, 4) is 10.6 Å². The topological polar surface area (TPSA) is 102 Å². The Morgan fingerprint density at radius 2 is 2.12 bits per heavy atom. The lowest BCUT2D eigenvalue weighted by atomic mass is 10.0. The van der Waals surface area contributed by atoms with Crippen LogP contribution in [0.3, 0.4) is 0 Å². The van der Waals surface area contributed by atoms with Gasteiger partial charge in [0.05, 0.1) is 4.92 Å². The molecule has 9 heteroatoms. The summed E-state index contributed by atoms with van der Waals surface area (Å²) in [6, 6.07) is 6.28. The minimum atomic E-state index is -0.449. The van der Waals surface area contributed by atoms with Crippen molar-refractivity contribution in [2.45, 2.75) is 26.3 Å². The normalized spacial score (nSPS) is 11.7. The third-order valence-electron chi connectivity index (χ3n) is 4.03. The number of halogens is 1. The Labute approximate surface area is 162 Å². The summed E-state index contributed by atoms with van der Waals surface area (Å²) < 4.78 is 0. The predicted molar refractivity (Wildman–Crippen MR) is 106 cm³/mol. The molecule has 0 radical (unpaired) electrons. The molecular formula is C17H23ClN4O3S. The fourth-order valence-electron chi connectivity index (χ4n) is 2.23. The molecule has 2 N–H and O–H groups in total. The Hall–Kier alpha value is -2.03. The lowest BCUT2D eigenvalue weighted by Crippen LogP contribution is -2.34. The molecule has 0 spiro atoms. The van der Waals surface area contributed by atoms with E-state index in [1.165, 1.54) is 23.5 Å². The smallest absolute Gasteiger partial charge is 0.273 e. The highest BCUT2D eigenvalue weighted by molar-refractivity contribution is 7.13. The standard InChI is InChI=1S/C17H22N4O3S.ClH/c1-11(2)14(18)7-8-20(3)17(22)15-10-25-16(19-15)12-5-4-6-13(9-12)21(23)24;/h4-6,9-11,14H,7-8,18H2,1-3H3;1H. The fourth-order valence-corrected chi connectivity index (χ4v) is 3.02. The van der Waals surface area contributed by atoms with Crippen molar-refractivity contribution >= 4 is 35.3 Å². The zero-order valence-corrected chi connectivity index (χ0v) is 16.5. The second kappa shape index (κ2) is 9.61. The molecule has 1 aromatic carbocycles. The van der Waals surface area contributed by atoms with E-state index in [9.17, 15) is 14.9 Å². The summed E-state index contributed by atoms with van der Waals surface area (Å²) in [4.78, 5) is 28.8. The van der Waals surface area contributed by atoms with Crippen molar-refractivity contribution in [2.75, 3.05) is 13.6 Å². The van der Waals surface area contributed by atoms with E-state index >= 15 is 0 Å². The molecule has 1 atom stereocenters. The van der Waals surface area contributed by atoms with Crippen LogP contribution >= 0.6 is 23.7 Å². The number of nitro groups is 1. The maximum Gasteiger partial charge on any atom is 0.273 e. The first-order valence-corrected chi connectivity index (χ1v) is 8.89. The van der Waals surface area contributed by atoms with Gasteiger partial charge in [0.15, 0.2) is 0 Å². The third kappa shape index (κ3) is 5.48. The Morgan fingerprint density at radius 3 is 2.73 bits per heavy atom. The first-order chi connectivity index (χ1) is 11.8. The fraction of sp³-hybridized carbons (Fsp3) is 0.412. The van der Waals surface area contributed by atoms with Crippen molar-refractivity contribution in [2.24, 2.45) is 11.7 Å². The van der Waals surface area contributed by atoms with Crippen LogP contribution < -0.4 is 5.73 Å². The SMILES string of the molecule is CC(C)C(N)CCN(C)C(=O)c1csc(-c2cccc([N+](=O)[O-])c2)n1.Cl. The molecule has 0 saturated carbocycles. The number of hydrogen-bond acceptors (Lipinski definition) is 6. The molecule has 2 aromatic rings. The largest absolute Gasteiger partial charge is 0.340 e. The van der Waals surface area contributed by atoms with Crippen molar-refractivity contribution in [3.05, 3.63) is 45.5 Å². The van der Waals surface area contributed by atoms with Gasteiger partial charge in [-0.25, -0.2) is 4.98 Å². The van der Waals surface area contributed by atoms with Crippen molar-refractivity contribution in [1.29, 1.82) is 0 Å². The van der Waals surface area contributed by atoms with E-state index in [0.717, 1.165) is 6.42 Å². The maximum absolute atomic E-state index is 12.5. The van der Waals surface area contributed by atoms with E-state index in [1.807, 2.05) is 0 Å². The van der Waals surface area contributed by atoms with Crippen LogP contribution in [0.5, 0.6) is 0 Å². The van der Waals surface area contributed by atoms with Crippen molar-refractivity contribution < 1.29 is 9.72 Å². The zero-order chi connectivity index (χ0) is 18.6. The summed E-state index contributed by atoms with van der Waals surface area (Å²) >= 11 is 1.29. The number of benzene rings is 1. The number of nitrogens with two attached hydrogens (primary N) is 1. The number of aromatic nitrogens is 1. The Balaban J connectivity index is 0.00000338. The highest BCUT2D eigenvalue weighted by Gasteiger charge is 2.18. The molecule has 0 bridgehead atoms. The van der Waals surface area contributed by atoms with Crippen LogP contribution in [0.1, 0.15) is 30.8 Å². The Morgan fingerprint density at radius 1 is 1.42 bits per heavy atom. The first kappa shape index (κ1) is 22.0. The van der Waals surface area contributed by atoms with Gasteiger partial charge in [0.25, 0.3) is 11.6 Å². The molecule has 0 aliphatic rings. The van der Waals surface area contributed by atoms with E-state index in [4.69, 9.17) is 5.73 Å². The number of hydrogen-bond donors (Lipinski definition) is 1. The van der Waals surface area contributed by atoms with Crippen molar-refractivity contribution in [3.63, 3.8) is 0 Å². The Bertz CT molecular complexity index is 766. The van der Waals surface area contributed by atoms with Crippen LogP contribution in [0.2, 0.25) is 0 Å². The number of nitro benzene ring substituents is 1. The molecule has 26 heavy (non-hydrogen) atoms. The summed E-state index contributed by atoms with van der Waals surface area (Å²) in [5.41, 5.74) is 6.98. The summed E-state index contributed by atoms with van der Waals surface area (Å²) in [6.07, 6.45) is 0.724. The third-order valence-corrected chi connectivity index (χ3v) is 4.92. The maximum atomic E-state index is 12.5. The molecule has 0 aliphatic heterocycles. The van der Waals surface area contributed by atoms with Gasteiger partial charge in [-0.1, -0.05) is 26.0 Å². The molecule has 7 nitrogen and oxygen atoms in total. The van der Waals surface area contributed by atoms with Crippen LogP contribution in [0.4, 0.5) is 5.69 Å². The highest BCUT2D eigenvalue weighted by Crippen LogP contribution is 2.27. The van der Waals surface area contributed by atoms with Gasteiger partial charge in [-0.2, -0.15) is 0 Å².